The first-order chi connectivity index (χ1) is 8.55. The van der Waals surface area contributed by atoms with Gasteiger partial charge in [0.05, 0.1) is 0 Å². The van der Waals surface area contributed by atoms with E-state index in [0.29, 0.717) is 23.8 Å². The van der Waals surface area contributed by atoms with Gasteiger partial charge in [-0.15, -0.1) is 11.3 Å². The molecule has 1 saturated heterocycles. The van der Waals surface area contributed by atoms with E-state index in [1.54, 1.807) is 10.4 Å². The molecular weight excluding hydrogens is 268 g/mol. The van der Waals surface area contributed by atoms with E-state index >= 15 is 0 Å². The standard InChI is InChI=1S/C12H20N2O2S2/c1-10-8-12(17-11(10)9-13)18(15,16)14-6-4-2-3-5-7-14/h8H,2-7,9,13H2,1H3. The fourth-order valence-corrected chi connectivity index (χ4v) is 5.37. The predicted molar refractivity (Wildman–Crippen MR) is 74.2 cm³/mol. The van der Waals surface area contributed by atoms with Crippen LogP contribution in [0.25, 0.3) is 0 Å². The maximum absolute atomic E-state index is 12.5. The summed E-state index contributed by atoms with van der Waals surface area (Å²) in [6.07, 6.45) is 4.19. The minimum atomic E-state index is -3.30. The van der Waals surface area contributed by atoms with Crippen molar-refractivity contribution in [1.82, 2.24) is 4.31 Å². The van der Waals surface area contributed by atoms with Crippen LogP contribution in [0, 0.1) is 6.92 Å². The summed E-state index contributed by atoms with van der Waals surface area (Å²) >= 11 is 1.31. The summed E-state index contributed by atoms with van der Waals surface area (Å²) in [6, 6.07) is 1.76. The Labute approximate surface area is 113 Å². The second-order valence-electron chi connectivity index (χ2n) is 4.69. The molecule has 0 unspecified atom stereocenters. The molecule has 0 bridgehead atoms. The highest BCUT2D eigenvalue weighted by Gasteiger charge is 2.27. The van der Waals surface area contributed by atoms with Crippen LogP contribution in [0.15, 0.2) is 10.3 Å². The van der Waals surface area contributed by atoms with Crippen LogP contribution in [0.1, 0.15) is 36.1 Å². The monoisotopic (exact) mass is 288 g/mol. The fraction of sp³-hybridized carbons (Fsp3) is 0.667. The topological polar surface area (TPSA) is 63.4 Å². The Kier molecular flexibility index (Phi) is 4.42. The molecule has 1 aliphatic rings. The van der Waals surface area contributed by atoms with Crippen LogP contribution in [0.2, 0.25) is 0 Å². The SMILES string of the molecule is Cc1cc(S(=O)(=O)N2CCCCCC2)sc1CN. The Bertz CT molecular complexity index is 500. The van der Waals surface area contributed by atoms with Crippen molar-refractivity contribution in [3.05, 3.63) is 16.5 Å². The van der Waals surface area contributed by atoms with Crippen LogP contribution in [-0.2, 0) is 16.6 Å². The van der Waals surface area contributed by atoms with Crippen molar-refractivity contribution in [2.24, 2.45) is 5.73 Å². The van der Waals surface area contributed by atoms with E-state index in [0.717, 1.165) is 36.1 Å². The van der Waals surface area contributed by atoms with Crippen LogP contribution in [0.4, 0.5) is 0 Å². The first-order valence-corrected chi connectivity index (χ1v) is 8.61. The molecule has 0 spiro atoms. The molecule has 0 atom stereocenters. The Balaban J connectivity index is 2.28. The molecule has 1 aromatic heterocycles. The van der Waals surface area contributed by atoms with Gasteiger partial charge >= 0.3 is 0 Å². The molecule has 1 aromatic rings. The average molecular weight is 288 g/mol. The molecule has 2 N–H and O–H groups in total. The summed E-state index contributed by atoms with van der Waals surface area (Å²) < 4.78 is 27.1. The number of hydrogen-bond donors (Lipinski definition) is 1. The Morgan fingerprint density at radius 1 is 1.28 bits per heavy atom. The van der Waals surface area contributed by atoms with E-state index < -0.39 is 10.0 Å². The number of rotatable bonds is 3. The van der Waals surface area contributed by atoms with Crippen LogP contribution in [-0.4, -0.2) is 25.8 Å². The van der Waals surface area contributed by atoms with Crippen molar-refractivity contribution >= 4 is 21.4 Å². The highest BCUT2D eigenvalue weighted by atomic mass is 32.2. The van der Waals surface area contributed by atoms with Gasteiger partial charge in [-0.2, -0.15) is 4.31 Å². The largest absolute Gasteiger partial charge is 0.326 e. The summed E-state index contributed by atoms with van der Waals surface area (Å²) in [7, 11) is -3.30. The van der Waals surface area contributed by atoms with Gasteiger partial charge in [-0.3, -0.25) is 0 Å². The second-order valence-corrected chi connectivity index (χ2v) is 8.00. The molecule has 6 heteroatoms. The lowest BCUT2D eigenvalue weighted by molar-refractivity contribution is 0.425. The number of sulfonamides is 1. The van der Waals surface area contributed by atoms with Gasteiger partial charge < -0.3 is 5.73 Å². The maximum Gasteiger partial charge on any atom is 0.252 e. The number of nitrogens with zero attached hydrogens (tertiary/aromatic N) is 1. The van der Waals surface area contributed by atoms with Gasteiger partial charge in [-0.05, 0) is 31.4 Å². The van der Waals surface area contributed by atoms with Crippen molar-refractivity contribution < 1.29 is 8.42 Å². The summed E-state index contributed by atoms with van der Waals surface area (Å²) in [5, 5.41) is 0. The van der Waals surface area contributed by atoms with Crippen molar-refractivity contribution in [2.45, 2.75) is 43.4 Å². The van der Waals surface area contributed by atoms with Gasteiger partial charge in [0.2, 0.25) is 0 Å². The Morgan fingerprint density at radius 2 is 1.89 bits per heavy atom. The third-order valence-corrected chi connectivity index (χ3v) is 6.95. The fourth-order valence-electron chi connectivity index (χ4n) is 2.23. The first-order valence-electron chi connectivity index (χ1n) is 6.35. The van der Waals surface area contributed by atoms with Gasteiger partial charge in [0, 0.05) is 24.5 Å². The number of aryl methyl sites for hydroxylation is 1. The normalized spacial score (nSPS) is 18.8. The van der Waals surface area contributed by atoms with Gasteiger partial charge in [-0.25, -0.2) is 8.42 Å². The van der Waals surface area contributed by atoms with E-state index in [9.17, 15) is 8.42 Å². The lowest BCUT2D eigenvalue weighted by atomic mass is 10.2. The molecule has 0 aliphatic carbocycles. The molecule has 0 saturated carbocycles. The molecule has 2 heterocycles. The molecule has 1 aliphatic heterocycles. The van der Waals surface area contributed by atoms with E-state index in [4.69, 9.17) is 5.73 Å². The maximum atomic E-state index is 12.5. The van der Waals surface area contributed by atoms with Gasteiger partial charge in [0.1, 0.15) is 4.21 Å². The van der Waals surface area contributed by atoms with Gasteiger partial charge in [0.25, 0.3) is 10.0 Å². The molecule has 4 nitrogen and oxygen atoms in total. The molecular formula is C12H20N2O2S2. The second kappa shape index (κ2) is 5.69. The number of hydrogen-bond acceptors (Lipinski definition) is 4. The Morgan fingerprint density at radius 3 is 2.39 bits per heavy atom. The van der Waals surface area contributed by atoms with Crippen molar-refractivity contribution in [1.29, 1.82) is 0 Å². The van der Waals surface area contributed by atoms with Crippen molar-refractivity contribution in [3.63, 3.8) is 0 Å². The molecule has 18 heavy (non-hydrogen) atoms. The van der Waals surface area contributed by atoms with E-state index in [1.165, 1.54) is 11.3 Å². The van der Waals surface area contributed by atoms with Crippen molar-refractivity contribution in [2.75, 3.05) is 13.1 Å². The lowest BCUT2D eigenvalue weighted by Gasteiger charge is -2.18. The summed E-state index contributed by atoms with van der Waals surface area (Å²) in [6.45, 7) is 3.63. The number of thiophene rings is 1. The third-order valence-electron chi connectivity index (χ3n) is 3.34. The summed E-state index contributed by atoms with van der Waals surface area (Å²) in [5.74, 6) is 0. The minimum absolute atomic E-state index is 0.409. The smallest absolute Gasteiger partial charge is 0.252 e. The van der Waals surface area contributed by atoms with Gasteiger partial charge in [0.15, 0.2) is 0 Å². The van der Waals surface area contributed by atoms with Gasteiger partial charge in [-0.1, -0.05) is 12.8 Å². The average Bonchev–Trinajstić information content (AvgIpc) is 2.55. The van der Waals surface area contributed by atoms with Crippen LogP contribution in [0.5, 0.6) is 0 Å². The molecule has 0 amide bonds. The molecule has 0 aromatic carbocycles. The Hall–Kier alpha value is -0.430. The van der Waals surface area contributed by atoms with E-state index in [-0.39, 0.29) is 0 Å². The first kappa shape index (κ1) is 14.0. The minimum Gasteiger partial charge on any atom is -0.326 e. The van der Waals surface area contributed by atoms with Crippen LogP contribution >= 0.6 is 11.3 Å². The van der Waals surface area contributed by atoms with E-state index in [2.05, 4.69) is 0 Å². The predicted octanol–water partition coefficient (Wildman–Crippen LogP) is 2.08. The summed E-state index contributed by atoms with van der Waals surface area (Å²) in [4.78, 5) is 0.961. The molecule has 102 valence electrons. The molecule has 2 rings (SSSR count). The number of nitrogens with two attached hydrogens (primary N) is 1. The highest BCUT2D eigenvalue weighted by molar-refractivity contribution is 7.91. The zero-order chi connectivity index (χ0) is 13.2. The highest BCUT2D eigenvalue weighted by Crippen LogP contribution is 2.29. The summed E-state index contributed by atoms with van der Waals surface area (Å²) in [5.41, 5.74) is 6.60. The molecule has 1 fully saturated rings. The zero-order valence-electron chi connectivity index (χ0n) is 10.7. The zero-order valence-corrected chi connectivity index (χ0v) is 12.3. The third kappa shape index (κ3) is 2.77. The van der Waals surface area contributed by atoms with Crippen LogP contribution in [0.3, 0.4) is 0 Å². The van der Waals surface area contributed by atoms with E-state index in [1.807, 2.05) is 6.92 Å². The molecule has 0 radical (unpaired) electrons. The van der Waals surface area contributed by atoms with Crippen molar-refractivity contribution in [3.8, 4) is 0 Å². The van der Waals surface area contributed by atoms with Crippen LogP contribution < -0.4 is 5.73 Å². The lowest BCUT2D eigenvalue weighted by Crippen LogP contribution is -2.31. The quantitative estimate of drug-likeness (QED) is 0.926.